The molecule has 0 N–H and O–H groups in total. The fourth-order valence-electron chi connectivity index (χ4n) is 1.99. The molecule has 0 bridgehead atoms. The molecular weight excluding hydrogens is 204 g/mol. The van der Waals surface area contributed by atoms with Gasteiger partial charge in [0.05, 0.1) is 18.6 Å². The Morgan fingerprint density at radius 3 is 2.88 bits per heavy atom. The molecule has 1 saturated carbocycles. The number of rotatable bonds is 5. The lowest BCUT2D eigenvalue weighted by molar-refractivity contribution is -0.148. The lowest BCUT2D eigenvalue weighted by Crippen LogP contribution is -2.25. The van der Waals surface area contributed by atoms with Gasteiger partial charge >= 0.3 is 5.97 Å². The highest BCUT2D eigenvalue weighted by atomic mass is 16.5. The zero-order chi connectivity index (χ0) is 12.0. The summed E-state index contributed by atoms with van der Waals surface area (Å²) in [6.45, 7) is 3.13. The molecule has 0 aromatic rings. The highest BCUT2D eigenvalue weighted by Gasteiger charge is 2.33. The highest BCUT2D eigenvalue weighted by Crippen LogP contribution is 2.29. The van der Waals surface area contributed by atoms with Gasteiger partial charge in [-0.15, -0.1) is 0 Å². The number of carbonyl (C=O) groups is 1. The molecule has 0 amide bonds. The van der Waals surface area contributed by atoms with Crippen LogP contribution in [0.25, 0.3) is 0 Å². The first-order valence-corrected chi connectivity index (χ1v) is 5.98. The molecular formula is C12H22N2O2. The minimum atomic E-state index is -0.0768. The molecule has 1 aliphatic rings. The van der Waals surface area contributed by atoms with Crippen LogP contribution in [0.15, 0.2) is 4.99 Å². The van der Waals surface area contributed by atoms with E-state index in [0.717, 1.165) is 25.8 Å². The van der Waals surface area contributed by atoms with E-state index in [0.29, 0.717) is 6.61 Å². The molecule has 2 unspecified atom stereocenters. The molecule has 16 heavy (non-hydrogen) atoms. The van der Waals surface area contributed by atoms with E-state index in [9.17, 15) is 4.79 Å². The van der Waals surface area contributed by atoms with E-state index in [1.54, 1.807) is 0 Å². The number of hydrogen-bond acceptors (Lipinski definition) is 4. The maximum Gasteiger partial charge on any atom is 0.311 e. The molecule has 2 atom stereocenters. The molecule has 0 heterocycles. The fourth-order valence-corrected chi connectivity index (χ4v) is 1.99. The van der Waals surface area contributed by atoms with Gasteiger partial charge in [-0.05, 0) is 33.9 Å². The summed E-state index contributed by atoms with van der Waals surface area (Å²) in [5.74, 6) is -0.0923. The minimum Gasteiger partial charge on any atom is -0.466 e. The summed E-state index contributed by atoms with van der Waals surface area (Å²) in [4.78, 5) is 18.2. The van der Waals surface area contributed by atoms with Crippen molar-refractivity contribution >= 4 is 12.2 Å². The Morgan fingerprint density at radius 2 is 2.25 bits per heavy atom. The van der Waals surface area contributed by atoms with Gasteiger partial charge in [-0.3, -0.25) is 9.79 Å². The zero-order valence-electron chi connectivity index (χ0n) is 10.5. The van der Waals surface area contributed by atoms with Crippen molar-refractivity contribution in [2.75, 3.05) is 27.2 Å². The van der Waals surface area contributed by atoms with Crippen molar-refractivity contribution in [2.24, 2.45) is 10.9 Å². The van der Waals surface area contributed by atoms with Gasteiger partial charge in [0.1, 0.15) is 0 Å². The fraction of sp³-hybridized carbons (Fsp3) is 0.833. The van der Waals surface area contributed by atoms with Gasteiger partial charge in [-0.25, -0.2) is 0 Å². The summed E-state index contributed by atoms with van der Waals surface area (Å²) < 4.78 is 5.06. The van der Waals surface area contributed by atoms with Crippen LogP contribution in [0.2, 0.25) is 0 Å². The van der Waals surface area contributed by atoms with Crippen LogP contribution in [0.4, 0.5) is 0 Å². The molecule has 1 rings (SSSR count). The first-order valence-electron chi connectivity index (χ1n) is 5.98. The van der Waals surface area contributed by atoms with E-state index >= 15 is 0 Å². The number of hydrogen-bond donors (Lipinski definition) is 0. The normalized spacial score (nSPS) is 25.5. The summed E-state index contributed by atoms with van der Waals surface area (Å²) in [6, 6.07) is 0.138. The Bertz CT molecular complexity index is 251. The Morgan fingerprint density at radius 1 is 1.50 bits per heavy atom. The van der Waals surface area contributed by atoms with Gasteiger partial charge in [0.15, 0.2) is 0 Å². The molecule has 1 fully saturated rings. The second kappa shape index (κ2) is 6.63. The van der Waals surface area contributed by atoms with Crippen LogP contribution in [0.1, 0.15) is 26.2 Å². The number of ether oxygens (including phenoxy) is 1. The van der Waals surface area contributed by atoms with Crippen molar-refractivity contribution in [3.8, 4) is 0 Å². The summed E-state index contributed by atoms with van der Waals surface area (Å²) in [5.41, 5.74) is 0. The molecule has 0 radical (unpaired) electrons. The molecule has 92 valence electrons. The maximum atomic E-state index is 11.6. The average Bonchev–Trinajstić information content (AvgIpc) is 2.66. The molecule has 0 aliphatic heterocycles. The molecule has 0 aromatic carbocycles. The quantitative estimate of drug-likeness (QED) is 0.525. The van der Waals surface area contributed by atoms with E-state index < -0.39 is 0 Å². The second-order valence-electron chi connectivity index (χ2n) is 4.45. The lowest BCUT2D eigenvalue weighted by Gasteiger charge is -2.14. The average molecular weight is 226 g/mol. The van der Waals surface area contributed by atoms with Gasteiger partial charge in [0, 0.05) is 12.8 Å². The van der Waals surface area contributed by atoms with Gasteiger partial charge in [0.25, 0.3) is 0 Å². The van der Waals surface area contributed by atoms with E-state index in [1.807, 2.05) is 27.2 Å². The second-order valence-corrected chi connectivity index (χ2v) is 4.45. The van der Waals surface area contributed by atoms with Gasteiger partial charge in [0.2, 0.25) is 0 Å². The topological polar surface area (TPSA) is 41.9 Å². The van der Waals surface area contributed by atoms with Crippen molar-refractivity contribution in [1.29, 1.82) is 0 Å². The Labute approximate surface area is 97.7 Å². The third kappa shape index (κ3) is 3.93. The minimum absolute atomic E-state index is 0.0154. The molecule has 0 spiro atoms. The first-order chi connectivity index (χ1) is 7.65. The van der Waals surface area contributed by atoms with E-state index in [2.05, 4.69) is 9.89 Å². The number of esters is 1. The predicted molar refractivity (Wildman–Crippen MR) is 64.8 cm³/mol. The number of carbonyl (C=O) groups excluding carboxylic acids is 1. The Hall–Kier alpha value is -0.900. The monoisotopic (exact) mass is 226 g/mol. The van der Waals surface area contributed by atoms with Crippen molar-refractivity contribution in [2.45, 2.75) is 32.2 Å². The SMILES string of the molecule is CCOC(=O)C1CCCC1N=CCN(C)C. The van der Waals surface area contributed by atoms with Crippen LogP contribution in [0, 0.1) is 5.92 Å². The van der Waals surface area contributed by atoms with Crippen molar-refractivity contribution < 1.29 is 9.53 Å². The Balaban J connectivity index is 2.45. The van der Waals surface area contributed by atoms with Crippen LogP contribution in [-0.2, 0) is 9.53 Å². The third-order valence-electron chi connectivity index (χ3n) is 2.81. The van der Waals surface area contributed by atoms with Crippen LogP contribution >= 0.6 is 0 Å². The summed E-state index contributed by atoms with van der Waals surface area (Å²) in [7, 11) is 4.01. The molecule has 1 aliphatic carbocycles. The van der Waals surface area contributed by atoms with Crippen molar-refractivity contribution in [3.05, 3.63) is 0 Å². The summed E-state index contributed by atoms with van der Waals surface area (Å²) in [5, 5.41) is 0. The molecule has 4 heteroatoms. The van der Waals surface area contributed by atoms with Crippen molar-refractivity contribution in [1.82, 2.24) is 4.90 Å². The van der Waals surface area contributed by atoms with Crippen LogP contribution < -0.4 is 0 Å². The van der Waals surface area contributed by atoms with Crippen LogP contribution in [0.3, 0.4) is 0 Å². The van der Waals surface area contributed by atoms with E-state index in [4.69, 9.17) is 4.74 Å². The van der Waals surface area contributed by atoms with Crippen molar-refractivity contribution in [3.63, 3.8) is 0 Å². The predicted octanol–water partition coefficient (Wildman–Crippen LogP) is 1.35. The van der Waals surface area contributed by atoms with Crippen LogP contribution in [-0.4, -0.2) is 50.4 Å². The van der Waals surface area contributed by atoms with Crippen LogP contribution in [0.5, 0.6) is 0 Å². The molecule has 0 saturated heterocycles. The highest BCUT2D eigenvalue weighted by molar-refractivity contribution is 5.74. The van der Waals surface area contributed by atoms with Gasteiger partial charge in [-0.1, -0.05) is 6.42 Å². The number of nitrogens with zero attached hydrogens (tertiary/aromatic N) is 2. The lowest BCUT2D eigenvalue weighted by atomic mass is 10.0. The number of aliphatic imine (C=N–C) groups is 1. The molecule has 0 aromatic heterocycles. The van der Waals surface area contributed by atoms with E-state index in [-0.39, 0.29) is 17.9 Å². The third-order valence-corrected chi connectivity index (χ3v) is 2.81. The molecule has 4 nitrogen and oxygen atoms in total. The Kier molecular flexibility index (Phi) is 5.46. The maximum absolute atomic E-state index is 11.6. The zero-order valence-corrected chi connectivity index (χ0v) is 10.5. The van der Waals surface area contributed by atoms with E-state index in [1.165, 1.54) is 0 Å². The first kappa shape index (κ1) is 13.2. The van der Waals surface area contributed by atoms with Gasteiger partial charge < -0.3 is 9.64 Å². The summed E-state index contributed by atoms with van der Waals surface area (Å²) >= 11 is 0. The van der Waals surface area contributed by atoms with Gasteiger partial charge in [-0.2, -0.15) is 0 Å². The largest absolute Gasteiger partial charge is 0.466 e. The summed E-state index contributed by atoms with van der Waals surface area (Å²) in [6.07, 6.45) is 4.91. The smallest absolute Gasteiger partial charge is 0.311 e. The standard InChI is InChI=1S/C12H22N2O2/c1-4-16-12(15)10-6-5-7-11(10)13-8-9-14(2)3/h8,10-11H,4-7,9H2,1-3H3.